The molecule has 1 saturated heterocycles. The summed E-state index contributed by atoms with van der Waals surface area (Å²) in [7, 11) is 0. The first-order valence-corrected chi connectivity index (χ1v) is 11.4. The molecule has 0 bridgehead atoms. The summed E-state index contributed by atoms with van der Waals surface area (Å²) >= 11 is 0. The van der Waals surface area contributed by atoms with E-state index in [1.165, 1.54) is 0 Å². The van der Waals surface area contributed by atoms with Crippen molar-refractivity contribution in [1.29, 1.82) is 0 Å². The van der Waals surface area contributed by atoms with Gasteiger partial charge in [-0.3, -0.25) is 4.99 Å². The van der Waals surface area contributed by atoms with Gasteiger partial charge in [-0.2, -0.15) is 0 Å². The van der Waals surface area contributed by atoms with Crippen LogP contribution >= 0.6 is 0 Å². The van der Waals surface area contributed by atoms with E-state index < -0.39 is 17.3 Å². The number of alkyl carbamates (subject to hydrolysis) is 1. The number of hydrogen-bond donors (Lipinski definition) is 3. The van der Waals surface area contributed by atoms with Crippen LogP contribution in [0.5, 0.6) is 0 Å². The van der Waals surface area contributed by atoms with Crippen LogP contribution in [0.15, 0.2) is 4.99 Å². The number of piperidine rings is 1. The van der Waals surface area contributed by atoms with Crippen LogP contribution in [0, 0.1) is 5.92 Å². The van der Waals surface area contributed by atoms with Gasteiger partial charge in [0.05, 0.1) is 0 Å². The van der Waals surface area contributed by atoms with Gasteiger partial charge in [-0.05, 0) is 73.6 Å². The Morgan fingerprint density at radius 3 is 2.06 bits per heavy atom. The maximum atomic E-state index is 12.2. The smallest absolute Gasteiger partial charge is 0.410 e. The number of hydrogen-bond acceptors (Lipinski definition) is 5. The lowest BCUT2D eigenvalue weighted by atomic mass is 9.97. The standard InChI is InChI=1S/C22H43N5O4/c1-8-23-18(24-12-9-13-25-19(28)30-21(2,3)4)26-16-17-10-14-27(15-11-17)20(29)31-22(5,6)7/h17H,8-16H2,1-7H3,(H,25,28)(H2,23,24,26). The Balaban J connectivity index is 2.32. The molecule has 0 saturated carbocycles. The minimum Gasteiger partial charge on any atom is -0.444 e. The maximum Gasteiger partial charge on any atom is 0.410 e. The number of aliphatic imine (C=N–C) groups is 1. The van der Waals surface area contributed by atoms with Crippen molar-refractivity contribution >= 4 is 18.1 Å². The summed E-state index contributed by atoms with van der Waals surface area (Å²) in [4.78, 5) is 30.3. The highest BCUT2D eigenvalue weighted by molar-refractivity contribution is 5.79. The second-order valence-electron chi connectivity index (χ2n) is 9.84. The molecule has 0 aromatic carbocycles. The van der Waals surface area contributed by atoms with Gasteiger partial charge in [0.2, 0.25) is 0 Å². The van der Waals surface area contributed by atoms with Crippen molar-refractivity contribution in [2.24, 2.45) is 10.9 Å². The molecule has 1 fully saturated rings. The molecule has 9 heteroatoms. The van der Waals surface area contributed by atoms with Gasteiger partial charge in [-0.25, -0.2) is 9.59 Å². The zero-order valence-electron chi connectivity index (χ0n) is 20.5. The first kappa shape index (κ1) is 26.8. The number of likely N-dealkylation sites (tertiary alicyclic amines) is 1. The zero-order valence-corrected chi connectivity index (χ0v) is 20.5. The predicted octanol–water partition coefficient (Wildman–Crippen LogP) is 3.10. The van der Waals surface area contributed by atoms with Crippen molar-refractivity contribution in [3.8, 4) is 0 Å². The second-order valence-corrected chi connectivity index (χ2v) is 9.84. The summed E-state index contributed by atoms with van der Waals surface area (Å²) in [5, 5.41) is 9.30. The van der Waals surface area contributed by atoms with E-state index in [0.29, 0.717) is 38.6 Å². The van der Waals surface area contributed by atoms with Crippen LogP contribution in [-0.4, -0.2) is 73.5 Å². The fourth-order valence-corrected chi connectivity index (χ4v) is 2.99. The first-order valence-electron chi connectivity index (χ1n) is 11.4. The average Bonchev–Trinajstić information content (AvgIpc) is 2.63. The molecule has 2 amide bonds. The van der Waals surface area contributed by atoms with E-state index in [-0.39, 0.29) is 6.09 Å². The fraction of sp³-hybridized carbons (Fsp3) is 0.864. The van der Waals surface area contributed by atoms with E-state index in [2.05, 4.69) is 16.0 Å². The molecule has 0 aromatic heterocycles. The predicted molar refractivity (Wildman–Crippen MR) is 123 cm³/mol. The van der Waals surface area contributed by atoms with Crippen LogP contribution in [-0.2, 0) is 9.47 Å². The summed E-state index contributed by atoms with van der Waals surface area (Å²) in [6, 6.07) is 0. The van der Waals surface area contributed by atoms with Crippen LogP contribution in [0.25, 0.3) is 0 Å². The Morgan fingerprint density at radius 1 is 0.935 bits per heavy atom. The third-order valence-corrected chi connectivity index (χ3v) is 4.43. The molecule has 1 aliphatic heterocycles. The van der Waals surface area contributed by atoms with E-state index in [0.717, 1.165) is 31.8 Å². The molecule has 1 aliphatic rings. The van der Waals surface area contributed by atoms with E-state index in [4.69, 9.17) is 14.5 Å². The van der Waals surface area contributed by atoms with Gasteiger partial charge in [0.25, 0.3) is 0 Å². The molecule has 1 rings (SSSR count). The lowest BCUT2D eigenvalue weighted by Gasteiger charge is -2.33. The highest BCUT2D eigenvalue weighted by atomic mass is 16.6. The van der Waals surface area contributed by atoms with Crippen LogP contribution in [0.4, 0.5) is 9.59 Å². The van der Waals surface area contributed by atoms with E-state index in [9.17, 15) is 9.59 Å². The zero-order chi connectivity index (χ0) is 23.5. The summed E-state index contributed by atoms with van der Waals surface area (Å²) in [5.74, 6) is 1.22. The monoisotopic (exact) mass is 441 g/mol. The molecule has 3 N–H and O–H groups in total. The second kappa shape index (κ2) is 12.6. The topological polar surface area (TPSA) is 104 Å². The third-order valence-electron chi connectivity index (χ3n) is 4.43. The molecule has 1 heterocycles. The van der Waals surface area contributed by atoms with Gasteiger partial charge in [-0.15, -0.1) is 0 Å². The van der Waals surface area contributed by atoms with Crippen LogP contribution in [0.1, 0.15) is 67.7 Å². The quantitative estimate of drug-likeness (QED) is 0.319. The SMILES string of the molecule is CCNC(=NCC1CCN(C(=O)OC(C)(C)C)CC1)NCCCNC(=O)OC(C)(C)C. The van der Waals surface area contributed by atoms with Crippen molar-refractivity contribution in [3.05, 3.63) is 0 Å². The van der Waals surface area contributed by atoms with Gasteiger partial charge >= 0.3 is 12.2 Å². The van der Waals surface area contributed by atoms with Crippen LogP contribution < -0.4 is 16.0 Å². The molecule has 0 radical (unpaired) electrons. The number of nitrogens with one attached hydrogen (secondary N) is 3. The van der Waals surface area contributed by atoms with Crippen molar-refractivity contribution in [3.63, 3.8) is 0 Å². The van der Waals surface area contributed by atoms with Crippen molar-refractivity contribution in [2.45, 2.75) is 78.9 Å². The summed E-state index contributed by atoms with van der Waals surface area (Å²) < 4.78 is 10.7. The van der Waals surface area contributed by atoms with Crippen molar-refractivity contribution in [1.82, 2.24) is 20.9 Å². The molecule has 0 atom stereocenters. The lowest BCUT2D eigenvalue weighted by Crippen LogP contribution is -2.42. The molecular formula is C22H43N5O4. The Kier molecular flexibility index (Phi) is 10.9. The Hall–Kier alpha value is -2.19. The van der Waals surface area contributed by atoms with Gasteiger partial charge < -0.3 is 30.3 Å². The minimum absolute atomic E-state index is 0.232. The van der Waals surface area contributed by atoms with Crippen molar-refractivity contribution in [2.75, 3.05) is 39.3 Å². The molecule has 180 valence electrons. The number of guanidine groups is 1. The normalized spacial score (nSPS) is 16.0. The third kappa shape index (κ3) is 13.0. The lowest BCUT2D eigenvalue weighted by molar-refractivity contribution is 0.0186. The number of rotatable bonds is 7. The number of nitrogens with zero attached hydrogens (tertiary/aromatic N) is 2. The summed E-state index contributed by atoms with van der Waals surface area (Å²) in [6.07, 6.45) is 1.97. The average molecular weight is 442 g/mol. The number of carbonyl (C=O) groups is 2. The van der Waals surface area contributed by atoms with E-state index in [1.54, 1.807) is 4.90 Å². The molecule has 31 heavy (non-hydrogen) atoms. The Morgan fingerprint density at radius 2 is 1.52 bits per heavy atom. The van der Waals surface area contributed by atoms with Crippen LogP contribution in [0.2, 0.25) is 0 Å². The number of amides is 2. The van der Waals surface area contributed by atoms with Gasteiger partial charge in [0, 0.05) is 39.3 Å². The summed E-state index contributed by atoms with van der Waals surface area (Å²) in [6.45, 7) is 17.3. The first-order chi connectivity index (χ1) is 14.4. The molecule has 0 aliphatic carbocycles. The molecular weight excluding hydrogens is 398 g/mol. The summed E-state index contributed by atoms with van der Waals surface area (Å²) in [5.41, 5.74) is -0.955. The highest BCUT2D eigenvalue weighted by Gasteiger charge is 2.26. The highest BCUT2D eigenvalue weighted by Crippen LogP contribution is 2.20. The molecule has 9 nitrogen and oxygen atoms in total. The number of carbonyl (C=O) groups excluding carboxylic acids is 2. The van der Waals surface area contributed by atoms with E-state index in [1.807, 2.05) is 48.5 Å². The molecule has 0 spiro atoms. The van der Waals surface area contributed by atoms with Gasteiger partial charge in [0.15, 0.2) is 5.96 Å². The van der Waals surface area contributed by atoms with Gasteiger partial charge in [-0.1, -0.05) is 0 Å². The molecule has 0 aromatic rings. The maximum absolute atomic E-state index is 12.2. The van der Waals surface area contributed by atoms with E-state index >= 15 is 0 Å². The Labute approximate surface area is 187 Å². The molecule has 0 unspecified atom stereocenters. The number of ether oxygens (including phenoxy) is 2. The minimum atomic E-state index is -0.490. The van der Waals surface area contributed by atoms with Gasteiger partial charge in [0.1, 0.15) is 11.2 Å². The van der Waals surface area contributed by atoms with Crippen LogP contribution in [0.3, 0.4) is 0 Å². The Bertz CT molecular complexity index is 588. The fourth-order valence-electron chi connectivity index (χ4n) is 2.99. The largest absolute Gasteiger partial charge is 0.444 e. The van der Waals surface area contributed by atoms with Crippen molar-refractivity contribution < 1.29 is 19.1 Å².